The van der Waals surface area contributed by atoms with E-state index in [1.165, 1.54) is 29.8 Å². The van der Waals surface area contributed by atoms with E-state index in [0.29, 0.717) is 29.9 Å². The van der Waals surface area contributed by atoms with Gasteiger partial charge in [0.15, 0.2) is 0 Å². The molecular weight excluding hydrogens is 432 g/mol. The number of rotatable bonds is 4. The zero-order valence-corrected chi connectivity index (χ0v) is 18.0. The van der Waals surface area contributed by atoms with E-state index in [9.17, 15) is 19.7 Å². The van der Waals surface area contributed by atoms with E-state index in [0.717, 1.165) is 16.9 Å². The number of anilines is 1. The van der Waals surface area contributed by atoms with Crippen molar-refractivity contribution in [2.45, 2.75) is 13.0 Å². The minimum absolute atomic E-state index is 0.0986. The molecule has 8 nitrogen and oxygen atoms in total. The molecule has 0 aromatic heterocycles. The van der Waals surface area contributed by atoms with Crippen LogP contribution in [0.4, 0.5) is 11.4 Å². The lowest BCUT2D eigenvalue weighted by atomic mass is 9.98. The van der Waals surface area contributed by atoms with E-state index in [1.54, 1.807) is 24.3 Å². The number of amides is 2. The van der Waals surface area contributed by atoms with Gasteiger partial charge in [-0.1, -0.05) is 24.3 Å². The summed E-state index contributed by atoms with van der Waals surface area (Å²) in [6.45, 7) is 1.03. The fraction of sp³-hybridized carbons (Fsp3) is 0.115. The molecule has 0 saturated carbocycles. The third kappa shape index (κ3) is 3.49. The molecule has 8 heteroatoms. The van der Waals surface area contributed by atoms with E-state index < -0.39 is 16.7 Å². The zero-order chi connectivity index (χ0) is 23.8. The molecule has 166 valence electrons. The fourth-order valence-electron chi connectivity index (χ4n) is 4.43. The maximum atomic E-state index is 13.7. The first-order valence-electron chi connectivity index (χ1n) is 10.7. The van der Waals surface area contributed by atoms with Gasteiger partial charge < -0.3 is 4.90 Å². The summed E-state index contributed by atoms with van der Waals surface area (Å²) in [5, 5.41) is 20.2. The summed E-state index contributed by atoms with van der Waals surface area (Å²) in [6, 6.07) is 21.9. The first kappa shape index (κ1) is 21.1. The van der Waals surface area contributed by atoms with Crippen LogP contribution in [0.25, 0.3) is 5.57 Å². The van der Waals surface area contributed by atoms with Crippen molar-refractivity contribution in [3.8, 4) is 6.07 Å². The molecule has 2 aliphatic rings. The minimum Gasteiger partial charge on any atom is -0.362 e. The normalized spacial score (nSPS) is 15.4. The maximum absolute atomic E-state index is 13.7. The van der Waals surface area contributed by atoms with Gasteiger partial charge in [0.05, 0.1) is 27.8 Å². The van der Waals surface area contributed by atoms with Gasteiger partial charge in [0.1, 0.15) is 5.70 Å². The second kappa shape index (κ2) is 8.30. The molecule has 3 aromatic carbocycles. The highest BCUT2D eigenvalue weighted by Crippen LogP contribution is 2.37. The summed E-state index contributed by atoms with van der Waals surface area (Å²) in [7, 11) is 0. The summed E-state index contributed by atoms with van der Waals surface area (Å²) in [5.74, 6) is -0.958. The number of benzene rings is 3. The summed E-state index contributed by atoms with van der Waals surface area (Å²) >= 11 is 0. The molecule has 0 spiro atoms. The van der Waals surface area contributed by atoms with Gasteiger partial charge >= 0.3 is 0 Å². The number of hydrogen-bond donors (Lipinski definition) is 0. The van der Waals surface area contributed by atoms with Crippen LogP contribution in [0.15, 0.2) is 78.5 Å². The SMILES string of the molecule is N#Cc1ccc(N2C(=O)C(c3ccc([N+](=O)[O-])cc3)=C(N3CCc4ccccc4C3)C2=O)cc1. The monoisotopic (exact) mass is 450 g/mol. The van der Waals surface area contributed by atoms with Crippen LogP contribution in [0, 0.1) is 21.4 Å². The van der Waals surface area contributed by atoms with Crippen LogP contribution < -0.4 is 4.90 Å². The molecule has 0 bridgehead atoms. The van der Waals surface area contributed by atoms with Crippen molar-refractivity contribution < 1.29 is 14.5 Å². The average Bonchev–Trinajstić information content (AvgIpc) is 3.13. The third-order valence-corrected chi connectivity index (χ3v) is 6.13. The van der Waals surface area contributed by atoms with Crippen molar-refractivity contribution >= 4 is 28.8 Å². The Kier molecular flexibility index (Phi) is 5.15. The molecule has 34 heavy (non-hydrogen) atoms. The Morgan fingerprint density at radius 3 is 2.21 bits per heavy atom. The van der Waals surface area contributed by atoms with Crippen molar-refractivity contribution in [2.24, 2.45) is 0 Å². The lowest BCUT2D eigenvalue weighted by Gasteiger charge is -2.31. The molecule has 0 N–H and O–H groups in total. The van der Waals surface area contributed by atoms with Crippen LogP contribution in [0.5, 0.6) is 0 Å². The summed E-state index contributed by atoms with van der Waals surface area (Å²) in [6.07, 6.45) is 0.728. The number of nitrogens with zero attached hydrogens (tertiary/aromatic N) is 4. The van der Waals surface area contributed by atoms with Gasteiger partial charge in [-0.2, -0.15) is 5.26 Å². The van der Waals surface area contributed by atoms with Crippen molar-refractivity contribution in [3.63, 3.8) is 0 Å². The number of nitriles is 1. The largest absolute Gasteiger partial charge is 0.362 e. The van der Waals surface area contributed by atoms with Gasteiger partial charge in [0.25, 0.3) is 17.5 Å². The van der Waals surface area contributed by atoms with Gasteiger partial charge in [0.2, 0.25) is 0 Å². The molecule has 2 heterocycles. The van der Waals surface area contributed by atoms with Crippen LogP contribution >= 0.6 is 0 Å². The van der Waals surface area contributed by atoms with Gasteiger partial charge in [-0.3, -0.25) is 19.7 Å². The average molecular weight is 450 g/mol. The molecule has 2 aliphatic heterocycles. The van der Waals surface area contributed by atoms with Crippen LogP contribution in [-0.4, -0.2) is 28.2 Å². The highest BCUT2D eigenvalue weighted by Gasteiger charge is 2.43. The first-order chi connectivity index (χ1) is 16.5. The molecule has 0 fully saturated rings. The molecule has 2 amide bonds. The van der Waals surface area contributed by atoms with E-state index in [2.05, 4.69) is 6.07 Å². The van der Waals surface area contributed by atoms with E-state index in [1.807, 2.05) is 29.2 Å². The van der Waals surface area contributed by atoms with Gasteiger partial charge in [0, 0.05) is 25.2 Å². The molecule has 0 aliphatic carbocycles. The van der Waals surface area contributed by atoms with Crippen molar-refractivity contribution in [3.05, 3.63) is 111 Å². The Labute approximate surface area is 195 Å². The predicted molar refractivity (Wildman–Crippen MR) is 124 cm³/mol. The lowest BCUT2D eigenvalue weighted by Crippen LogP contribution is -2.37. The molecule has 0 radical (unpaired) electrons. The Bertz CT molecular complexity index is 1400. The topological polar surface area (TPSA) is 108 Å². The third-order valence-electron chi connectivity index (χ3n) is 6.13. The zero-order valence-electron chi connectivity index (χ0n) is 18.0. The molecule has 0 saturated heterocycles. The Morgan fingerprint density at radius 1 is 0.882 bits per heavy atom. The van der Waals surface area contributed by atoms with Crippen LogP contribution in [-0.2, 0) is 22.6 Å². The molecular formula is C26H18N4O4. The van der Waals surface area contributed by atoms with Crippen LogP contribution in [0.1, 0.15) is 22.3 Å². The van der Waals surface area contributed by atoms with Crippen molar-refractivity contribution in [2.75, 3.05) is 11.4 Å². The molecule has 0 unspecified atom stereocenters. The smallest absolute Gasteiger partial charge is 0.282 e. The summed E-state index contributed by atoms with van der Waals surface area (Å²) in [4.78, 5) is 40.9. The Morgan fingerprint density at radius 2 is 1.56 bits per heavy atom. The lowest BCUT2D eigenvalue weighted by molar-refractivity contribution is -0.384. The number of carbonyl (C=O) groups excluding carboxylic acids is 2. The predicted octanol–water partition coefficient (Wildman–Crippen LogP) is 3.81. The van der Waals surface area contributed by atoms with Gasteiger partial charge in [-0.15, -0.1) is 0 Å². The number of carbonyl (C=O) groups is 2. The number of non-ortho nitro benzene ring substituents is 1. The highest BCUT2D eigenvalue weighted by molar-refractivity contribution is 6.45. The quantitative estimate of drug-likeness (QED) is 0.340. The van der Waals surface area contributed by atoms with Crippen LogP contribution in [0.3, 0.4) is 0 Å². The Balaban J connectivity index is 1.61. The molecule has 0 atom stereocenters. The van der Waals surface area contributed by atoms with Crippen LogP contribution in [0.2, 0.25) is 0 Å². The second-order valence-corrected chi connectivity index (χ2v) is 8.07. The number of imide groups is 1. The van der Waals surface area contributed by atoms with Gasteiger partial charge in [-0.05, 0) is 59.5 Å². The fourth-order valence-corrected chi connectivity index (χ4v) is 4.43. The number of nitro groups is 1. The summed E-state index contributed by atoms with van der Waals surface area (Å²) < 4.78 is 0. The number of hydrogen-bond acceptors (Lipinski definition) is 6. The first-order valence-corrected chi connectivity index (χ1v) is 10.7. The second-order valence-electron chi connectivity index (χ2n) is 8.07. The number of nitro benzene ring substituents is 1. The van der Waals surface area contributed by atoms with Gasteiger partial charge in [-0.25, -0.2) is 4.90 Å². The highest BCUT2D eigenvalue weighted by atomic mass is 16.6. The number of fused-ring (bicyclic) bond motifs is 1. The maximum Gasteiger partial charge on any atom is 0.282 e. The minimum atomic E-state index is -0.509. The van der Waals surface area contributed by atoms with Crippen molar-refractivity contribution in [1.82, 2.24) is 4.90 Å². The Hall–Kier alpha value is -4.77. The molecule has 5 rings (SSSR count). The standard InChI is InChI=1S/C26H18N4O4/c27-15-17-5-9-21(10-6-17)29-25(31)23(19-7-11-22(12-8-19)30(33)34)24(26(29)32)28-14-13-18-3-1-2-4-20(18)16-28/h1-12H,13-14,16H2. The van der Waals surface area contributed by atoms with E-state index >= 15 is 0 Å². The summed E-state index contributed by atoms with van der Waals surface area (Å²) in [5.41, 5.74) is 3.90. The van der Waals surface area contributed by atoms with E-state index in [-0.39, 0.29) is 17.0 Å². The molecule has 3 aromatic rings. The van der Waals surface area contributed by atoms with Crippen molar-refractivity contribution in [1.29, 1.82) is 5.26 Å². The van der Waals surface area contributed by atoms with E-state index in [4.69, 9.17) is 5.26 Å².